The van der Waals surface area contributed by atoms with E-state index in [0.717, 1.165) is 27.9 Å². The SMILES string of the molecule is CNC1CC(c2ccn3c(C(C)C4CCN(CC(F)(F)F)CC4)c(C)c(C(=O)NCc4c(OC)cc(C)[nH]c4=O)cc23)=CC=N1. The molecule has 45 heavy (non-hydrogen) atoms. The van der Waals surface area contributed by atoms with Crippen LogP contribution in [0, 0.1) is 19.8 Å². The minimum atomic E-state index is -4.22. The van der Waals surface area contributed by atoms with E-state index >= 15 is 0 Å². The number of carbonyl (C=O) groups is 1. The van der Waals surface area contributed by atoms with Crippen LogP contribution in [-0.4, -0.2) is 72.5 Å². The molecule has 2 aliphatic rings. The molecule has 1 fully saturated rings. The molecule has 0 saturated carbocycles. The van der Waals surface area contributed by atoms with Crippen molar-refractivity contribution in [3.8, 4) is 5.75 Å². The normalized spacial score (nSPS) is 18.7. The van der Waals surface area contributed by atoms with E-state index in [0.29, 0.717) is 54.9 Å². The molecule has 12 heteroatoms. The highest BCUT2D eigenvalue weighted by Gasteiger charge is 2.35. The number of aryl methyl sites for hydroxylation is 1. The number of ether oxygens (including phenoxy) is 1. The molecule has 3 N–H and O–H groups in total. The van der Waals surface area contributed by atoms with Gasteiger partial charge in [-0.15, -0.1) is 0 Å². The molecule has 242 valence electrons. The summed E-state index contributed by atoms with van der Waals surface area (Å²) in [5.41, 5.74) is 5.81. The first-order chi connectivity index (χ1) is 21.4. The van der Waals surface area contributed by atoms with Crippen LogP contribution in [0.2, 0.25) is 0 Å². The van der Waals surface area contributed by atoms with Gasteiger partial charge in [0, 0.05) is 41.3 Å². The molecule has 9 nitrogen and oxygen atoms in total. The number of H-pyrrole nitrogens is 1. The fourth-order valence-corrected chi connectivity index (χ4v) is 6.76. The van der Waals surface area contributed by atoms with Crippen molar-refractivity contribution in [3.05, 3.63) is 74.5 Å². The summed E-state index contributed by atoms with van der Waals surface area (Å²) in [5.74, 6) is 0.185. The topological polar surface area (TPSA) is 103 Å². The lowest BCUT2D eigenvalue weighted by molar-refractivity contribution is -0.148. The van der Waals surface area contributed by atoms with Crippen molar-refractivity contribution in [2.24, 2.45) is 10.9 Å². The number of pyridine rings is 2. The van der Waals surface area contributed by atoms with Gasteiger partial charge in [-0.25, -0.2) is 0 Å². The number of hydrogen-bond donors (Lipinski definition) is 3. The average molecular weight is 627 g/mol. The Hall–Kier alpha value is -3.90. The molecule has 0 spiro atoms. The molecule has 5 heterocycles. The Balaban J connectivity index is 1.52. The van der Waals surface area contributed by atoms with Gasteiger partial charge in [-0.05, 0) is 94.1 Å². The molecular weight excluding hydrogens is 585 g/mol. The molecule has 5 rings (SSSR count). The van der Waals surface area contributed by atoms with E-state index in [2.05, 4.69) is 31.9 Å². The highest BCUT2D eigenvalue weighted by atomic mass is 19.4. The van der Waals surface area contributed by atoms with E-state index in [1.54, 1.807) is 19.2 Å². The summed E-state index contributed by atoms with van der Waals surface area (Å²) in [6, 6.07) is 5.65. The van der Waals surface area contributed by atoms with Crippen LogP contribution in [0.3, 0.4) is 0 Å². The number of hydrogen-bond acceptors (Lipinski definition) is 6. The summed E-state index contributed by atoms with van der Waals surface area (Å²) in [4.78, 5) is 35.2. The summed E-state index contributed by atoms with van der Waals surface area (Å²) in [6.07, 6.45) is 3.45. The first-order valence-electron chi connectivity index (χ1n) is 15.3. The number of aliphatic imine (C=N–C) groups is 1. The van der Waals surface area contributed by atoms with Gasteiger partial charge < -0.3 is 19.4 Å². The maximum atomic E-state index is 13.9. The van der Waals surface area contributed by atoms with Crippen LogP contribution in [-0.2, 0) is 6.54 Å². The standard InChI is InChI=1S/C33H41F3N6O3/c1-19-14-28(45-5)26(32(44)40-19)17-39-31(43)25-16-27-24(23-6-10-38-29(15-23)37-4)9-13-42(27)30(21(25)3)20(2)22-7-11-41(12-8-22)18-33(34,35)36/h6,9-10,13-14,16,20,22,29,37H,7-8,11-12,15,17-18H2,1-5H3,(H,39,43)(H,40,44). The number of aromatic amines is 1. The van der Waals surface area contributed by atoms with Crippen LogP contribution in [0.1, 0.15) is 70.5 Å². The van der Waals surface area contributed by atoms with Crippen molar-refractivity contribution in [1.82, 2.24) is 24.9 Å². The fourth-order valence-electron chi connectivity index (χ4n) is 6.76. The summed E-state index contributed by atoms with van der Waals surface area (Å²) >= 11 is 0. The summed E-state index contributed by atoms with van der Waals surface area (Å²) in [6.45, 7) is 5.61. The quantitative estimate of drug-likeness (QED) is 0.312. The minimum Gasteiger partial charge on any atom is -0.496 e. The summed E-state index contributed by atoms with van der Waals surface area (Å²) in [7, 11) is 3.35. The molecular formula is C33H41F3N6O3. The monoisotopic (exact) mass is 626 g/mol. The second-order valence-corrected chi connectivity index (χ2v) is 12.1. The Bertz CT molecular complexity index is 1680. The number of carbonyl (C=O) groups excluding carboxylic acids is 1. The second kappa shape index (κ2) is 13.2. The van der Waals surface area contributed by atoms with Gasteiger partial charge in [0.05, 0.1) is 31.3 Å². The Morgan fingerprint density at radius 3 is 2.62 bits per heavy atom. The van der Waals surface area contributed by atoms with Crippen molar-refractivity contribution in [2.75, 3.05) is 33.8 Å². The fraction of sp³-hybridized carbons (Fsp3) is 0.485. The van der Waals surface area contributed by atoms with Crippen molar-refractivity contribution in [1.29, 1.82) is 0 Å². The lowest BCUT2D eigenvalue weighted by Crippen LogP contribution is -2.41. The molecule has 0 aromatic carbocycles. The first kappa shape index (κ1) is 32.5. The zero-order valence-electron chi connectivity index (χ0n) is 26.3. The third-order valence-electron chi connectivity index (χ3n) is 9.18. The number of allylic oxidation sites excluding steroid dienone is 1. The number of aromatic nitrogens is 2. The number of methoxy groups -OCH3 is 1. The number of piperidine rings is 1. The van der Waals surface area contributed by atoms with Gasteiger partial charge >= 0.3 is 6.18 Å². The Labute approximate surface area is 260 Å². The summed E-state index contributed by atoms with van der Waals surface area (Å²) < 4.78 is 46.7. The van der Waals surface area contributed by atoms with Crippen LogP contribution < -0.4 is 20.9 Å². The smallest absolute Gasteiger partial charge is 0.401 e. The van der Waals surface area contributed by atoms with Gasteiger partial charge in [-0.1, -0.05) is 6.92 Å². The zero-order chi connectivity index (χ0) is 32.5. The van der Waals surface area contributed by atoms with Gasteiger partial charge in [-0.3, -0.25) is 24.8 Å². The Morgan fingerprint density at radius 2 is 1.96 bits per heavy atom. The van der Waals surface area contributed by atoms with E-state index in [-0.39, 0.29) is 36.0 Å². The summed E-state index contributed by atoms with van der Waals surface area (Å²) in [5, 5.41) is 6.13. The van der Waals surface area contributed by atoms with Gasteiger partial charge in [0.2, 0.25) is 0 Å². The lowest BCUT2D eigenvalue weighted by atomic mass is 9.81. The number of fused-ring (bicyclic) bond motifs is 1. The third kappa shape index (κ3) is 7.01. The van der Waals surface area contributed by atoms with E-state index in [1.165, 1.54) is 12.0 Å². The van der Waals surface area contributed by atoms with Crippen LogP contribution >= 0.6 is 0 Å². The van der Waals surface area contributed by atoms with Crippen LogP contribution in [0.15, 0.2) is 40.3 Å². The molecule has 3 aromatic rings. The average Bonchev–Trinajstić information content (AvgIpc) is 3.42. The molecule has 1 saturated heterocycles. The maximum absolute atomic E-state index is 13.9. The molecule has 0 aliphatic carbocycles. The van der Waals surface area contributed by atoms with E-state index < -0.39 is 12.7 Å². The molecule has 2 aliphatic heterocycles. The van der Waals surface area contributed by atoms with Crippen molar-refractivity contribution < 1.29 is 22.7 Å². The number of likely N-dealkylation sites (tertiary alicyclic amines) is 1. The predicted octanol–water partition coefficient (Wildman–Crippen LogP) is 4.96. The number of alkyl halides is 3. The minimum absolute atomic E-state index is 0.0237. The largest absolute Gasteiger partial charge is 0.496 e. The number of dihydropyridines is 1. The van der Waals surface area contributed by atoms with Gasteiger partial charge in [0.15, 0.2) is 0 Å². The highest BCUT2D eigenvalue weighted by molar-refractivity contribution is 5.99. The van der Waals surface area contributed by atoms with Crippen molar-refractivity contribution in [3.63, 3.8) is 0 Å². The van der Waals surface area contributed by atoms with E-state index in [9.17, 15) is 22.8 Å². The maximum Gasteiger partial charge on any atom is 0.401 e. The van der Waals surface area contributed by atoms with Gasteiger partial charge in [0.1, 0.15) is 11.9 Å². The van der Waals surface area contributed by atoms with Crippen LogP contribution in [0.5, 0.6) is 5.75 Å². The van der Waals surface area contributed by atoms with E-state index in [4.69, 9.17) is 4.74 Å². The molecule has 3 aromatic heterocycles. The van der Waals surface area contributed by atoms with Crippen molar-refractivity contribution >= 4 is 23.2 Å². The predicted molar refractivity (Wildman–Crippen MR) is 169 cm³/mol. The number of nitrogens with one attached hydrogen (secondary N) is 3. The molecule has 2 unspecified atom stereocenters. The number of nitrogens with zero attached hydrogens (tertiary/aromatic N) is 3. The van der Waals surface area contributed by atoms with E-state index in [1.807, 2.05) is 38.4 Å². The van der Waals surface area contributed by atoms with Gasteiger partial charge in [-0.2, -0.15) is 13.2 Å². The first-order valence-corrected chi connectivity index (χ1v) is 15.3. The zero-order valence-corrected chi connectivity index (χ0v) is 26.3. The number of rotatable bonds is 9. The molecule has 1 amide bonds. The highest BCUT2D eigenvalue weighted by Crippen LogP contribution is 2.38. The third-order valence-corrected chi connectivity index (χ3v) is 9.18. The Kier molecular flexibility index (Phi) is 9.54. The number of halogens is 3. The number of amides is 1. The molecule has 0 radical (unpaired) electrons. The van der Waals surface area contributed by atoms with Crippen molar-refractivity contribution in [2.45, 2.75) is 64.8 Å². The van der Waals surface area contributed by atoms with Gasteiger partial charge in [0.25, 0.3) is 11.5 Å². The van der Waals surface area contributed by atoms with Crippen LogP contribution in [0.4, 0.5) is 13.2 Å². The lowest BCUT2D eigenvalue weighted by Gasteiger charge is -2.36. The molecule has 2 atom stereocenters. The second-order valence-electron chi connectivity index (χ2n) is 12.1. The van der Waals surface area contributed by atoms with Crippen LogP contribution in [0.25, 0.3) is 11.1 Å². The molecule has 0 bridgehead atoms. The Morgan fingerprint density at radius 1 is 1.22 bits per heavy atom.